The van der Waals surface area contributed by atoms with Crippen molar-refractivity contribution in [3.8, 4) is 0 Å². The number of likely N-dealkylation sites (tertiary alicyclic amines) is 1. The van der Waals surface area contributed by atoms with Gasteiger partial charge >= 0.3 is 6.09 Å². The first-order valence-electron chi connectivity index (χ1n) is 6.94. The number of hydrogen-bond donors (Lipinski definition) is 1. The summed E-state index contributed by atoms with van der Waals surface area (Å²) in [7, 11) is 0. The number of rotatable bonds is 2. The van der Waals surface area contributed by atoms with Crippen molar-refractivity contribution in [3.05, 3.63) is 30.1 Å². The van der Waals surface area contributed by atoms with E-state index in [4.69, 9.17) is 4.74 Å². The molecular weight excluding hydrogens is 256 g/mol. The summed E-state index contributed by atoms with van der Waals surface area (Å²) in [5.74, 6) is 0. The van der Waals surface area contributed by atoms with Crippen LogP contribution < -0.4 is 0 Å². The Morgan fingerprint density at radius 1 is 1.50 bits per heavy atom. The van der Waals surface area contributed by atoms with Crippen molar-refractivity contribution in [1.82, 2.24) is 9.88 Å². The van der Waals surface area contributed by atoms with Crippen LogP contribution >= 0.6 is 0 Å². The third kappa shape index (κ3) is 3.28. The van der Waals surface area contributed by atoms with Gasteiger partial charge < -0.3 is 9.84 Å². The maximum absolute atomic E-state index is 12.4. The van der Waals surface area contributed by atoms with Crippen LogP contribution in [-0.2, 0) is 4.74 Å². The smallest absolute Gasteiger partial charge is 0.411 e. The van der Waals surface area contributed by atoms with E-state index in [0.717, 1.165) is 18.4 Å². The zero-order chi connectivity index (χ0) is 14.8. The fourth-order valence-corrected chi connectivity index (χ4v) is 2.55. The quantitative estimate of drug-likeness (QED) is 0.903. The van der Waals surface area contributed by atoms with Gasteiger partial charge in [0, 0.05) is 12.4 Å². The molecule has 1 aliphatic rings. The van der Waals surface area contributed by atoms with Gasteiger partial charge in [0.25, 0.3) is 0 Å². The minimum Gasteiger partial charge on any atom is -0.444 e. The van der Waals surface area contributed by atoms with Gasteiger partial charge in [-0.15, -0.1) is 0 Å². The lowest BCUT2D eigenvalue weighted by Gasteiger charge is -2.32. The molecule has 2 rings (SSSR count). The molecule has 110 valence electrons. The molecule has 5 heteroatoms. The molecule has 1 fully saturated rings. The Labute approximate surface area is 119 Å². The lowest BCUT2D eigenvalue weighted by atomic mass is 10.1. The summed E-state index contributed by atoms with van der Waals surface area (Å²) in [5.41, 5.74) is 0.438. The molecule has 2 atom stereocenters. The Hall–Kier alpha value is -1.62. The first kappa shape index (κ1) is 14.8. The molecule has 0 saturated carbocycles. The number of aromatic nitrogens is 1. The zero-order valence-corrected chi connectivity index (χ0v) is 12.2. The second-order valence-electron chi connectivity index (χ2n) is 6.10. The number of aliphatic hydroxyl groups excluding tert-OH is 1. The van der Waals surface area contributed by atoms with Crippen molar-refractivity contribution in [2.45, 2.75) is 51.3 Å². The van der Waals surface area contributed by atoms with Crippen LogP contribution in [0.5, 0.6) is 0 Å². The number of hydrogen-bond acceptors (Lipinski definition) is 4. The molecule has 0 aliphatic carbocycles. The normalized spacial score (nSPS) is 22.9. The van der Waals surface area contributed by atoms with Crippen molar-refractivity contribution in [1.29, 1.82) is 0 Å². The Morgan fingerprint density at radius 2 is 2.25 bits per heavy atom. The Kier molecular flexibility index (Phi) is 4.28. The molecule has 0 bridgehead atoms. The first-order chi connectivity index (χ1) is 9.42. The number of nitrogens with zero attached hydrogens (tertiary/aromatic N) is 2. The van der Waals surface area contributed by atoms with Crippen LogP contribution in [0.1, 0.15) is 45.2 Å². The molecule has 2 unspecified atom stereocenters. The van der Waals surface area contributed by atoms with Crippen LogP contribution in [-0.4, -0.2) is 39.3 Å². The number of aliphatic hydroxyl groups is 1. The number of carbonyl (C=O) groups excluding carboxylic acids is 1. The average molecular weight is 278 g/mol. The molecule has 1 N–H and O–H groups in total. The van der Waals surface area contributed by atoms with E-state index in [1.165, 1.54) is 0 Å². The predicted molar refractivity (Wildman–Crippen MR) is 75.2 cm³/mol. The average Bonchev–Trinajstić information content (AvgIpc) is 2.81. The Morgan fingerprint density at radius 3 is 2.80 bits per heavy atom. The van der Waals surface area contributed by atoms with E-state index in [1.807, 2.05) is 32.9 Å². The van der Waals surface area contributed by atoms with Gasteiger partial charge in [-0.25, -0.2) is 4.79 Å². The van der Waals surface area contributed by atoms with E-state index < -0.39 is 5.60 Å². The van der Waals surface area contributed by atoms with Crippen LogP contribution in [0.2, 0.25) is 0 Å². The number of ether oxygens (including phenoxy) is 1. The van der Waals surface area contributed by atoms with Crippen LogP contribution in [0.3, 0.4) is 0 Å². The molecule has 20 heavy (non-hydrogen) atoms. The highest BCUT2D eigenvalue weighted by molar-refractivity contribution is 5.69. The number of amides is 1. The molecule has 0 radical (unpaired) electrons. The van der Waals surface area contributed by atoms with Gasteiger partial charge in [-0.1, -0.05) is 6.07 Å². The van der Waals surface area contributed by atoms with E-state index >= 15 is 0 Å². The predicted octanol–water partition coefficient (Wildman–Crippen LogP) is 2.51. The molecule has 2 heterocycles. The van der Waals surface area contributed by atoms with E-state index in [1.54, 1.807) is 17.3 Å². The number of carbonyl (C=O) groups is 1. The summed E-state index contributed by atoms with van der Waals surface area (Å²) >= 11 is 0. The van der Waals surface area contributed by atoms with Crippen molar-refractivity contribution < 1.29 is 14.6 Å². The van der Waals surface area contributed by atoms with Gasteiger partial charge in [0.05, 0.1) is 18.7 Å². The molecule has 1 aromatic heterocycles. The molecule has 5 nitrogen and oxygen atoms in total. The van der Waals surface area contributed by atoms with Gasteiger partial charge in [0.1, 0.15) is 5.60 Å². The zero-order valence-electron chi connectivity index (χ0n) is 12.2. The fraction of sp³-hybridized carbons (Fsp3) is 0.600. The topological polar surface area (TPSA) is 62.7 Å². The molecule has 1 aromatic rings. The van der Waals surface area contributed by atoms with E-state index in [-0.39, 0.29) is 24.8 Å². The Bertz CT molecular complexity index is 456. The maximum Gasteiger partial charge on any atom is 0.411 e. The lowest BCUT2D eigenvalue weighted by Crippen LogP contribution is -2.42. The van der Waals surface area contributed by atoms with Crippen LogP contribution in [0.15, 0.2) is 24.5 Å². The first-order valence-corrected chi connectivity index (χ1v) is 6.94. The highest BCUT2D eigenvalue weighted by Gasteiger charge is 2.39. The maximum atomic E-state index is 12.4. The highest BCUT2D eigenvalue weighted by atomic mass is 16.6. The summed E-state index contributed by atoms with van der Waals surface area (Å²) < 4.78 is 5.46. The highest BCUT2D eigenvalue weighted by Crippen LogP contribution is 2.36. The van der Waals surface area contributed by atoms with Crippen molar-refractivity contribution >= 4 is 6.09 Å². The van der Waals surface area contributed by atoms with Crippen molar-refractivity contribution in [3.63, 3.8) is 0 Å². The van der Waals surface area contributed by atoms with E-state index in [2.05, 4.69) is 4.98 Å². The van der Waals surface area contributed by atoms with Crippen molar-refractivity contribution in [2.24, 2.45) is 0 Å². The summed E-state index contributed by atoms with van der Waals surface area (Å²) in [4.78, 5) is 18.1. The minimum atomic E-state index is -0.542. The third-order valence-electron chi connectivity index (χ3n) is 3.39. The molecule has 0 aromatic carbocycles. The van der Waals surface area contributed by atoms with Gasteiger partial charge in [0.2, 0.25) is 0 Å². The van der Waals surface area contributed by atoms with E-state index in [9.17, 15) is 9.90 Å². The standard InChI is InChI=1S/C15H22N2O3/c1-15(2,3)20-14(19)17-12(10-18)6-7-13(17)11-5-4-8-16-9-11/h4-5,8-9,12-13,18H,6-7,10H2,1-3H3. The van der Waals surface area contributed by atoms with Crippen molar-refractivity contribution in [2.75, 3.05) is 6.61 Å². The SMILES string of the molecule is CC(C)(C)OC(=O)N1C(CO)CCC1c1cccnc1. The van der Waals surface area contributed by atoms with E-state index in [0.29, 0.717) is 0 Å². The monoisotopic (exact) mass is 278 g/mol. The molecular formula is C15H22N2O3. The Balaban J connectivity index is 2.22. The van der Waals surface area contributed by atoms with Gasteiger partial charge in [0.15, 0.2) is 0 Å². The largest absolute Gasteiger partial charge is 0.444 e. The molecule has 1 saturated heterocycles. The second kappa shape index (κ2) is 5.79. The third-order valence-corrected chi connectivity index (χ3v) is 3.39. The van der Waals surface area contributed by atoms with Crippen LogP contribution in [0.4, 0.5) is 4.79 Å². The summed E-state index contributed by atoms with van der Waals surface area (Å²) in [6.07, 6.45) is 4.69. The number of pyridine rings is 1. The fourth-order valence-electron chi connectivity index (χ4n) is 2.55. The van der Waals surface area contributed by atoms with Gasteiger partial charge in [-0.05, 0) is 45.2 Å². The summed E-state index contributed by atoms with van der Waals surface area (Å²) in [6, 6.07) is 3.55. The van der Waals surface area contributed by atoms with Crippen LogP contribution in [0, 0.1) is 0 Å². The molecule has 1 amide bonds. The second-order valence-corrected chi connectivity index (χ2v) is 6.10. The molecule has 1 aliphatic heterocycles. The van der Waals surface area contributed by atoms with Gasteiger partial charge in [-0.3, -0.25) is 9.88 Å². The van der Waals surface area contributed by atoms with Crippen LogP contribution in [0.25, 0.3) is 0 Å². The lowest BCUT2D eigenvalue weighted by molar-refractivity contribution is 0.00866. The van der Waals surface area contributed by atoms with Gasteiger partial charge in [-0.2, -0.15) is 0 Å². The molecule has 0 spiro atoms. The summed E-state index contributed by atoms with van der Waals surface area (Å²) in [5, 5.41) is 9.48. The minimum absolute atomic E-state index is 0.0456. The summed E-state index contributed by atoms with van der Waals surface area (Å²) in [6.45, 7) is 5.48.